The van der Waals surface area contributed by atoms with Crippen LogP contribution >= 0.6 is 0 Å². The molecule has 0 aliphatic heterocycles. The molecule has 1 aliphatic carbocycles. The maximum absolute atomic E-state index is 10.7. The maximum atomic E-state index is 10.7. The van der Waals surface area contributed by atoms with Crippen molar-refractivity contribution in [3.63, 3.8) is 0 Å². The van der Waals surface area contributed by atoms with Gasteiger partial charge in [-0.2, -0.15) is 0 Å². The minimum Gasteiger partial charge on any atom is -0.478 e. The summed E-state index contributed by atoms with van der Waals surface area (Å²) in [6.45, 7) is 4.37. The Morgan fingerprint density at radius 2 is 2.00 bits per heavy atom. The highest BCUT2D eigenvalue weighted by molar-refractivity contribution is 5.85. The van der Waals surface area contributed by atoms with Gasteiger partial charge in [-0.1, -0.05) is 55.5 Å². The van der Waals surface area contributed by atoms with Crippen molar-refractivity contribution in [1.82, 2.24) is 4.90 Å². The summed E-state index contributed by atoms with van der Waals surface area (Å²) in [7, 11) is 0. The SMILES string of the molecule is CCCN(Cc1ccccc1)C1CCc2cc(/C=C/C(=O)O)ccc2C1. The Bertz CT molecular complexity index is 767. The van der Waals surface area contributed by atoms with E-state index in [1.54, 1.807) is 6.08 Å². The minimum atomic E-state index is -0.904. The molecule has 26 heavy (non-hydrogen) atoms. The highest BCUT2D eigenvalue weighted by Gasteiger charge is 2.24. The summed E-state index contributed by atoms with van der Waals surface area (Å²) >= 11 is 0. The number of carbonyl (C=O) groups is 1. The average Bonchev–Trinajstić information content (AvgIpc) is 2.66. The molecule has 0 fully saturated rings. The zero-order valence-corrected chi connectivity index (χ0v) is 15.4. The molecule has 0 aromatic heterocycles. The zero-order valence-electron chi connectivity index (χ0n) is 15.4. The third-order valence-corrected chi connectivity index (χ3v) is 5.11. The summed E-state index contributed by atoms with van der Waals surface area (Å²) in [6.07, 6.45) is 7.33. The topological polar surface area (TPSA) is 40.5 Å². The average molecular weight is 349 g/mol. The Balaban J connectivity index is 1.72. The van der Waals surface area contributed by atoms with Crippen molar-refractivity contribution < 1.29 is 9.90 Å². The van der Waals surface area contributed by atoms with E-state index >= 15 is 0 Å². The standard InChI is InChI=1S/C23H27NO2/c1-2-14-24(17-19-6-4-3-5-7-19)22-12-11-20-15-18(9-13-23(25)26)8-10-21(20)16-22/h3-10,13,15,22H,2,11-12,14,16-17H2,1H3,(H,25,26)/b13-9+. The predicted molar refractivity (Wildman–Crippen MR) is 106 cm³/mol. The first kappa shape index (κ1) is 18.4. The van der Waals surface area contributed by atoms with Crippen molar-refractivity contribution in [3.05, 3.63) is 76.9 Å². The fourth-order valence-corrected chi connectivity index (χ4v) is 3.83. The van der Waals surface area contributed by atoms with Crippen LogP contribution in [0.4, 0.5) is 0 Å². The van der Waals surface area contributed by atoms with E-state index in [-0.39, 0.29) is 0 Å². The summed E-state index contributed by atoms with van der Waals surface area (Å²) in [5.74, 6) is -0.904. The van der Waals surface area contributed by atoms with E-state index in [0.29, 0.717) is 6.04 Å². The van der Waals surface area contributed by atoms with Gasteiger partial charge in [0.05, 0.1) is 0 Å². The Morgan fingerprint density at radius 3 is 2.73 bits per heavy atom. The van der Waals surface area contributed by atoms with E-state index in [0.717, 1.165) is 44.3 Å². The van der Waals surface area contributed by atoms with E-state index in [2.05, 4.69) is 54.3 Å². The van der Waals surface area contributed by atoms with Crippen LogP contribution in [-0.2, 0) is 24.2 Å². The van der Waals surface area contributed by atoms with Gasteiger partial charge < -0.3 is 5.11 Å². The molecule has 0 heterocycles. The van der Waals surface area contributed by atoms with Crippen LogP contribution in [0.25, 0.3) is 6.08 Å². The summed E-state index contributed by atoms with van der Waals surface area (Å²) in [6, 6.07) is 17.6. The maximum Gasteiger partial charge on any atom is 0.328 e. The van der Waals surface area contributed by atoms with E-state index in [1.165, 1.54) is 22.8 Å². The van der Waals surface area contributed by atoms with Crippen molar-refractivity contribution in [1.29, 1.82) is 0 Å². The first-order valence-electron chi connectivity index (χ1n) is 9.46. The molecule has 2 aromatic rings. The van der Waals surface area contributed by atoms with Crippen LogP contribution in [0, 0.1) is 0 Å². The molecule has 0 spiro atoms. The molecule has 0 bridgehead atoms. The Morgan fingerprint density at radius 1 is 1.19 bits per heavy atom. The van der Waals surface area contributed by atoms with Crippen LogP contribution in [0.2, 0.25) is 0 Å². The van der Waals surface area contributed by atoms with Crippen LogP contribution in [0.1, 0.15) is 42.0 Å². The van der Waals surface area contributed by atoms with Gasteiger partial charge in [-0.05, 0) is 60.6 Å². The largest absolute Gasteiger partial charge is 0.478 e. The number of carboxylic acids is 1. The highest BCUT2D eigenvalue weighted by atomic mass is 16.4. The van der Waals surface area contributed by atoms with Crippen molar-refractivity contribution in [2.45, 2.75) is 45.2 Å². The first-order chi connectivity index (χ1) is 12.7. The molecule has 2 aromatic carbocycles. The van der Waals surface area contributed by atoms with Gasteiger partial charge in [0.2, 0.25) is 0 Å². The summed E-state index contributed by atoms with van der Waals surface area (Å²) in [5, 5.41) is 8.79. The number of rotatable bonds is 7. The molecule has 136 valence electrons. The Kier molecular flexibility index (Phi) is 6.24. The smallest absolute Gasteiger partial charge is 0.328 e. The quantitative estimate of drug-likeness (QED) is 0.745. The Labute approximate surface area is 156 Å². The third kappa shape index (κ3) is 4.83. The van der Waals surface area contributed by atoms with E-state index in [9.17, 15) is 4.79 Å². The van der Waals surface area contributed by atoms with Gasteiger partial charge >= 0.3 is 5.97 Å². The van der Waals surface area contributed by atoms with Crippen molar-refractivity contribution in [2.24, 2.45) is 0 Å². The highest BCUT2D eigenvalue weighted by Crippen LogP contribution is 2.27. The van der Waals surface area contributed by atoms with Gasteiger partial charge in [0, 0.05) is 18.7 Å². The zero-order chi connectivity index (χ0) is 18.4. The minimum absolute atomic E-state index is 0.572. The molecule has 1 atom stereocenters. The van der Waals surface area contributed by atoms with Gasteiger partial charge in [-0.25, -0.2) is 4.79 Å². The molecule has 3 nitrogen and oxygen atoms in total. The lowest BCUT2D eigenvalue weighted by Gasteiger charge is -2.35. The molecule has 0 amide bonds. The lowest BCUT2D eigenvalue weighted by Crippen LogP contribution is -2.39. The molecule has 0 saturated heterocycles. The second kappa shape index (κ2) is 8.81. The van der Waals surface area contributed by atoms with Crippen LogP contribution < -0.4 is 0 Å². The van der Waals surface area contributed by atoms with Crippen LogP contribution in [0.15, 0.2) is 54.6 Å². The van der Waals surface area contributed by atoms with Gasteiger partial charge in [0.25, 0.3) is 0 Å². The molecular formula is C23H27NO2. The monoisotopic (exact) mass is 349 g/mol. The third-order valence-electron chi connectivity index (χ3n) is 5.11. The van der Waals surface area contributed by atoms with Crippen molar-refractivity contribution in [3.8, 4) is 0 Å². The fourth-order valence-electron chi connectivity index (χ4n) is 3.83. The van der Waals surface area contributed by atoms with Crippen LogP contribution in [0.3, 0.4) is 0 Å². The normalized spacial score (nSPS) is 16.8. The summed E-state index contributed by atoms with van der Waals surface area (Å²) in [4.78, 5) is 13.3. The van der Waals surface area contributed by atoms with E-state index in [1.807, 2.05) is 6.07 Å². The lowest BCUT2D eigenvalue weighted by molar-refractivity contribution is -0.131. The number of hydrogen-bond donors (Lipinski definition) is 1. The molecule has 1 aliphatic rings. The Hall–Kier alpha value is -2.39. The number of benzene rings is 2. The number of hydrogen-bond acceptors (Lipinski definition) is 2. The predicted octanol–water partition coefficient (Wildman–Crippen LogP) is 4.55. The van der Waals surface area contributed by atoms with Gasteiger partial charge in [0.1, 0.15) is 0 Å². The molecular weight excluding hydrogens is 322 g/mol. The summed E-state index contributed by atoms with van der Waals surface area (Å²) < 4.78 is 0. The lowest BCUT2D eigenvalue weighted by atomic mass is 9.86. The fraction of sp³-hybridized carbons (Fsp3) is 0.348. The number of carboxylic acid groups (broad SMARTS) is 1. The number of aryl methyl sites for hydroxylation is 1. The molecule has 3 rings (SSSR count). The van der Waals surface area contributed by atoms with Gasteiger partial charge in [-0.3, -0.25) is 4.90 Å². The molecule has 1 unspecified atom stereocenters. The van der Waals surface area contributed by atoms with E-state index in [4.69, 9.17) is 5.11 Å². The van der Waals surface area contributed by atoms with E-state index < -0.39 is 5.97 Å². The van der Waals surface area contributed by atoms with Crippen molar-refractivity contribution >= 4 is 12.0 Å². The summed E-state index contributed by atoms with van der Waals surface area (Å²) in [5.41, 5.74) is 5.12. The van der Waals surface area contributed by atoms with Gasteiger partial charge in [-0.15, -0.1) is 0 Å². The number of nitrogens with zero attached hydrogens (tertiary/aromatic N) is 1. The van der Waals surface area contributed by atoms with Crippen molar-refractivity contribution in [2.75, 3.05) is 6.54 Å². The second-order valence-electron chi connectivity index (χ2n) is 7.05. The molecule has 0 radical (unpaired) electrons. The molecule has 0 saturated carbocycles. The number of fused-ring (bicyclic) bond motifs is 1. The number of aliphatic carboxylic acids is 1. The first-order valence-corrected chi connectivity index (χ1v) is 9.46. The van der Waals surface area contributed by atoms with Gasteiger partial charge in [0.15, 0.2) is 0 Å². The van der Waals surface area contributed by atoms with Crippen LogP contribution in [-0.4, -0.2) is 28.6 Å². The van der Waals surface area contributed by atoms with Crippen LogP contribution in [0.5, 0.6) is 0 Å². The molecule has 1 N–H and O–H groups in total. The second-order valence-corrected chi connectivity index (χ2v) is 7.05. The molecule has 3 heteroatoms.